The summed E-state index contributed by atoms with van der Waals surface area (Å²) in [6.07, 6.45) is 17.0. The van der Waals surface area contributed by atoms with Crippen molar-refractivity contribution in [2.45, 2.75) is 90.5 Å². The summed E-state index contributed by atoms with van der Waals surface area (Å²) in [5.74, 6) is 0. The lowest BCUT2D eigenvalue weighted by Gasteiger charge is -2.16. The van der Waals surface area contributed by atoms with Crippen LogP contribution in [0.15, 0.2) is 12.7 Å². The first-order chi connectivity index (χ1) is 8.85. The first-order valence-corrected chi connectivity index (χ1v) is 8.19. The Labute approximate surface area is 115 Å². The van der Waals surface area contributed by atoms with Gasteiger partial charge in [-0.2, -0.15) is 0 Å². The van der Waals surface area contributed by atoms with Gasteiger partial charge >= 0.3 is 0 Å². The quantitative estimate of drug-likeness (QED) is 0.320. The third-order valence-corrected chi connectivity index (χ3v) is 3.54. The topological polar surface area (TPSA) is 12.0 Å². The van der Waals surface area contributed by atoms with E-state index in [9.17, 15) is 0 Å². The van der Waals surface area contributed by atoms with E-state index < -0.39 is 0 Å². The molecule has 0 bridgehead atoms. The summed E-state index contributed by atoms with van der Waals surface area (Å²) in [5, 5.41) is 3.62. The van der Waals surface area contributed by atoms with Gasteiger partial charge in [0, 0.05) is 6.04 Å². The molecule has 0 rings (SSSR count). The maximum absolute atomic E-state index is 3.85. The SMILES string of the molecule is C=CCC(CCCCCCCCCC)NCCC. The van der Waals surface area contributed by atoms with Crippen LogP contribution in [0.1, 0.15) is 84.5 Å². The van der Waals surface area contributed by atoms with Gasteiger partial charge < -0.3 is 5.32 Å². The zero-order chi connectivity index (χ0) is 13.5. The number of hydrogen-bond donors (Lipinski definition) is 1. The molecule has 0 aromatic carbocycles. The van der Waals surface area contributed by atoms with E-state index in [-0.39, 0.29) is 0 Å². The Balaban J connectivity index is 3.34. The van der Waals surface area contributed by atoms with E-state index in [0.29, 0.717) is 6.04 Å². The first-order valence-electron chi connectivity index (χ1n) is 8.19. The Morgan fingerprint density at radius 3 is 2.06 bits per heavy atom. The van der Waals surface area contributed by atoms with Crippen molar-refractivity contribution in [1.29, 1.82) is 0 Å². The molecule has 0 aliphatic heterocycles. The standard InChI is InChI=1S/C17H35N/c1-4-7-8-9-10-11-12-13-15-17(14-5-2)18-16-6-3/h5,17-18H,2,4,6-16H2,1,3H3. The van der Waals surface area contributed by atoms with Crippen molar-refractivity contribution in [1.82, 2.24) is 5.32 Å². The fraction of sp³-hybridized carbons (Fsp3) is 0.882. The molecule has 0 saturated carbocycles. The fourth-order valence-electron chi connectivity index (χ4n) is 2.38. The van der Waals surface area contributed by atoms with Crippen LogP contribution in [-0.4, -0.2) is 12.6 Å². The summed E-state index contributed by atoms with van der Waals surface area (Å²) in [7, 11) is 0. The molecule has 0 radical (unpaired) electrons. The molecule has 0 amide bonds. The Bertz CT molecular complexity index is 165. The molecule has 108 valence electrons. The second kappa shape index (κ2) is 14.8. The average Bonchev–Trinajstić information content (AvgIpc) is 2.39. The minimum absolute atomic E-state index is 0.669. The van der Waals surface area contributed by atoms with Gasteiger partial charge in [0.25, 0.3) is 0 Å². The fourth-order valence-corrected chi connectivity index (χ4v) is 2.38. The van der Waals surface area contributed by atoms with Crippen LogP contribution in [0, 0.1) is 0 Å². The minimum Gasteiger partial charge on any atom is -0.314 e. The third kappa shape index (κ3) is 12.2. The first kappa shape index (κ1) is 17.7. The number of nitrogens with one attached hydrogen (secondary N) is 1. The van der Waals surface area contributed by atoms with Crippen LogP contribution in [0.25, 0.3) is 0 Å². The molecule has 0 fully saturated rings. The van der Waals surface area contributed by atoms with Crippen LogP contribution >= 0.6 is 0 Å². The van der Waals surface area contributed by atoms with Crippen LogP contribution in [-0.2, 0) is 0 Å². The van der Waals surface area contributed by atoms with E-state index in [1.54, 1.807) is 0 Å². The maximum Gasteiger partial charge on any atom is 0.0101 e. The smallest absolute Gasteiger partial charge is 0.0101 e. The van der Waals surface area contributed by atoms with Crippen LogP contribution < -0.4 is 5.32 Å². The van der Waals surface area contributed by atoms with Crippen molar-refractivity contribution in [2.24, 2.45) is 0 Å². The van der Waals surface area contributed by atoms with Crippen LogP contribution in [0.2, 0.25) is 0 Å². The monoisotopic (exact) mass is 253 g/mol. The van der Waals surface area contributed by atoms with Gasteiger partial charge in [-0.15, -0.1) is 6.58 Å². The Morgan fingerprint density at radius 1 is 0.889 bits per heavy atom. The number of rotatable bonds is 14. The number of hydrogen-bond acceptors (Lipinski definition) is 1. The van der Waals surface area contributed by atoms with Crippen molar-refractivity contribution in [3.8, 4) is 0 Å². The van der Waals surface area contributed by atoms with Crippen LogP contribution in [0.4, 0.5) is 0 Å². The van der Waals surface area contributed by atoms with E-state index in [0.717, 1.165) is 13.0 Å². The molecular weight excluding hydrogens is 218 g/mol. The second-order valence-corrected chi connectivity index (χ2v) is 5.44. The molecule has 1 atom stereocenters. The molecule has 0 aromatic heterocycles. The summed E-state index contributed by atoms with van der Waals surface area (Å²) in [5.41, 5.74) is 0. The normalized spacial score (nSPS) is 12.6. The Kier molecular flexibility index (Phi) is 14.5. The highest BCUT2D eigenvalue weighted by Crippen LogP contribution is 2.11. The molecular formula is C17H35N. The van der Waals surface area contributed by atoms with Gasteiger partial charge in [-0.05, 0) is 25.8 Å². The average molecular weight is 253 g/mol. The van der Waals surface area contributed by atoms with E-state index in [4.69, 9.17) is 0 Å². The Hall–Kier alpha value is -0.300. The molecule has 1 N–H and O–H groups in total. The summed E-state index contributed by atoms with van der Waals surface area (Å²) in [6.45, 7) is 9.51. The maximum atomic E-state index is 3.85. The zero-order valence-electron chi connectivity index (χ0n) is 12.8. The van der Waals surface area contributed by atoms with Crippen molar-refractivity contribution in [2.75, 3.05) is 6.54 Å². The lowest BCUT2D eigenvalue weighted by molar-refractivity contribution is 0.454. The molecule has 0 aliphatic rings. The van der Waals surface area contributed by atoms with Gasteiger partial charge in [-0.1, -0.05) is 71.3 Å². The predicted octanol–water partition coefficient (Wildman–Crippen LogP) is 5.46. The minimum atomic E-state index is 0.669. The highest BCUT2D eigenvalue weighted by Gasteiger charge is 2.04. The molecule has 0 aromatic rings. The van der Waals surface area contributed by atoms with Gasteiger partial charge in [0.15, 0.2) is 0 Å². The summed E-state index contributed by atoms with van der Waals surface area (Å²) >= 11 is 0. The lowest BCUT2D eigenvalue weighted by atomic mass is 10.0. The zero-order valence-corrected chi connectivity index (χ0v) is 12.8. The molecule has 1 unspecified atom stereocenters. The van der Waals surface area contributed by atoms with Crippen LogP contribution in [0.5, 0.6) is 0 Å². The highest BCUT2D eigenvalue weighted by molar-refractivity contribution is 4.77. The molecule has 18 heavy (non-hydrogen) atoms. The van der Waals surface area contributed by atoms with Gasteiger partial charge in [0.05, 0.1) is 0 Å². The number of unbranched alkanes of at least 4 members (excludes halogenated alkanes) is 7. The summed E-state index contributed by atoms with van der Waals surface area (Å²) in [4.78, 5) is 0. The summed E-state index contributed by atoms with van der Waals surface area (Å²) in [6, 6.07) is 0.669. The molecule has 1 nitrogen and oxygen atoms in total. The van der Waals surface area contributed by atoms with Crippen LogP contribution in [0.3, 0.4) is 0 Å². The van der Waals surface area contributed by atoms with E-state index in [1.165, 1.54) is 64.2 Å². The van der Waals surface area contributed by atoms with Crippen molar-refractivity contribution in [3.63, 3.8) is 0 Å². The van der Waals surface area contributed by atoms with Crippen molar-refractivity contribution < 1.29 is 0 Å². The van der Waals surface area contributed by atoms with E-state index >= 15 is 0 Å². The second-order valence-electron chi connectivity index (χ2n) is 5.44. The molecule has 0 spiro atoms. The third-order valence-electron chi connectivity index (χ3n) is 3.54. The molecule has 0 heterocycles. The van der Waals surface area contributed by atoms with E-state index in [1.807, 2.05) is 0 Å². The highest BCUT2D eigenvalue weighted by atomic mass is 14.9. The molecule has 0 aliphatic carbocycles. The van der Waals surface area contributed by atoms with E-state index in [2.05, 4.69) is 31.8 Å². The van der Waals surface area contributed by atoms with Gasteiger partial charge in [0.1, 0.15) is 0 Å². The van der Waals surface area contributed by atoms with Gasteiger partial charge in [0.2, 0.25) is 0 Å². The largest absolute Gasteiger partial charge is 0.314 e. The van der Waals surface area contributed by atoms with Crippen molar-refractivity contribution >= 4 is 0 Å². The molecule has 0 saturated heterocycles. The predicted molar refractivity (Wildman–Crippen MR) is 84.1 cm³/mol. The van der Waals surface area contributed by atoms with Crippen molar-refractivity contribution in [3.05, 3.63) is 12.7 Å². The lowest BCUT2D eigenvalue weighted by Crippen LogP contribution is -2.29. The Morgan fingerprint density at radius 2 is 1.50 bits per heavy atom. The van der Waals surface area contributed by atoms with Gasteiger partial charge in [-0.3, -0.25) is 0 Å². The summed E-state index contributed by atoms with van der Waals surface area (Å²) < 4.78 is 0. The molecule has 1 heteroatoms. The van der Waals surface area contributed by atoms with Gasteiger partial charge in [-0.25, -0.2) is 0 Å².